The van der Waals surface area contributed by atoms with Crippen LogP contribution >= 0.6 is 27.5 Å². The van der Waals surface area contributed by atoms with Gasteiger partial charge in [-0.15, -0.1) is 0 Å². The Bertz CT molecular complexity index is 589. The molecule has 0 bridgehead atoms. The average Bonchev–Trinajstić information content (AvgIpc) is 2.48. The molecule has 0 fully saturated rings. The van der Waals surface area contributed by atoms with Crippen molar-refractivity contribution in [3.63, 3.8) is 0 Å². The quantitative estimate of drug-likeness (QED) is 0.680. The van der Waals surface area contributed by atoms with E-state index in [0.29, 0.717) is 6.61 Å². The highest BCUT2D eigenvalue weighted by atomic mass is 79.9. The number of nitrogens with one attached hydrogen (secondary N) is 1. The first-order valence-corrected chi connectivity index (χ1v) is 8.22. The third-order valence-electron chi connectivity index (χ3n) is 3.05. The third kappa shape index (κ3) is 5.34. The fourth-order valence-corrected chi connectivity index (χ4v) is 2.57. The van der Waals surface area contributed by atoms with Crippen LogP contribution in [0, 0.1) is 0 Å². The lowest BCUT2D eigenvalue weighted by atomic mass is 10.2. The van der Waals surface area contributed by atoms with Gasteiger partial charge in [0.25, 0.3) is 0 Å². The molecule has 4 heteroatoms. The maximum atomic E-state index is 5.97. The molecule has 0 radical (unpaired) electrons. The number of hydrogen-bond donors (Lipinski definition) is 1. The minimum atomic E-state index is 0.518. The van der Waals surface area contributed by atoms with Crippen LogP contribution in [0.5, 0.6) is 5.75 Å². The van der Waals surface area contributed by atoms with Gasteiger partial charge in [0, 0.05) is 16.0 Å². The van der Waals surface area contributed by atoms with E-state index in [4.69, 9.17) is 16.3 Å². The summed E-state index contributed by atoms with van der Waals surface area (Å²) in [6, 6.07) is 13.8. The predicted molar refractivity (Wildman–Crippen MR) is 91.9 cm³/mol. The molecule has 1 N–H and O–H groups in total. The zero-order valence-corrected chi connectivity index (χ0v) is 14.4. The van der Waals surface area contributed by atoms with Crippen molar-refractivity contribution in [2.45, 2.75) is 26.5 Å². The normalized spacial score (nSPS) is 10.6. The van der Waals surface area contributed by atoms with Crippen molar-refractivity contribution in [1.29, 1.82) is 0 Å². The van der Waals surface area contributed by atoms with Crippen molar-refractivity contribution in [3.05, 3.63) is 63.1 Å². The van der Waals surface area contributed by atoms with Crippen molar-refractivity contribution in [3.8, 4) is 5.75 Å². The van der Waals surface area contributed by atoms with Crippen LogP contribution < -0.4 is 10.1 Å². The first-order chi connectivity index (χ1) is 10.2. The Labute approximate surface area is 139 Å². The number of rotatable bonds is 7. The first-order valence-electron chi connectivity index (χ1n) is 7.05. The highest BCUT2D eigenvalue weighted by Gasteiger charge is 2.03. The smallest absolute Gasteiger partial charge is 0.120 e. The van der Waals surface area contributed by atoms with Crippen molar-refractivity contribution in [1.82, 2.24) is 5.32 Å². The van der Waals surface area contributed by atoms with Crippen LogP contribution in [0.2, 0.25) is 5.02 Å². The van der Waals surface area contributed by atoms with Crippen LogP contribution in [0.25, 0.3) is 0 Å². The van der Waals surface area contributed by atoms with Crippen LogP contribution in [0.15, 0.2) is 46.9 Å². The van der Waals surface area contributed by atoms with Gasteiger partial charge in [-0.2, -0.15) is 0 Å². The molecule has 2 rings (SSSR count). The summed E-state index contributed by atoms with van der Waals surface area (Å²) in [6.07, 6.45) is 1.13. The molecule has 0 saturated heterocycles. The maximum absolute atomic E-state index is 5.97. The second-order valence-corrected chi connectivity index (χ2v) is 6.14. The Morgan fingerprint density at radius 1 is 1.19 bits per heavy atom. The van der Waals surface area contributed by atoms with E-state index in [0.717, 1.165) is 40.3 Å². The van der Waals surface area contributed by atoms with Crippen LogP contribution in [-0.4, -0.2) is 6.54 Å². The van der Waals surface area contributed by atoms with Gasteiger partial charge in [0.05, 0.1) is 0 Å². The summed E-state index contributed by atoms with van der Waals surface area (Å²) in [5.41, 5.74) is 2.27. The van der Waals surface area contributed by atoms with Gasteiger partial charge in [-0.25, -0.2) is 0 Å². The zero-order chi connectivity index (χ0) is 15.1. The second-order valence-electron chi connectivity index (χ2n) is 4.85. The van der Waals surface area contributed by atoms with Gasteiger partial charge in [0.1, 0.15) is 12.4 Å². The monoisotopic (exact) mass is 367 g/mol. The molecule has 0 aliphatic rings. The Kier molecular flexibility index (Phi) is 6.55. The van der Waals surface area contributed by atoms with E-state index in [9.17, 15) is 0 Å². The average molecular weight is 369 g/mol. The molecule has 0 amide bonds. The molecule has 0 unspecified atom stereocenters. The summed E-state index contributed by atoms with van der Waals surface area (Å²) >= 11 is 9.55. The Balaban J connectivity index is 1.98. The lowest BCUT2D eigenvalue weighted by Crippen LogP contribution is -2.14. The van der Waals surface area contributed by atoms with Crippen LogP contribution in [-0.2, 0) is 13.2 Å². The number of halogens is 2. The zero-order valence-electron chi connectivity index (χ0n) is 12.0. The van der Waals surface area contributed by atoms with E-state index in [-0.39, 0.29) is 0 Å². The topological polar surface area (TPSA) is 21.3 Å². The molecule has 2 aromatic carbocycles. The number of benzene rings is 2. The van der Waals surface area contributed by atoms with Crippen LogP contribution in [0.4, 0.5) is 0 Å². The summed E-state index contributed by atoms with van der Waals surface area (Å²) < 4.78 is 6.94. The Morgan fingerprint density at radius 3 is 2.81 bits per heavy atom. The van der Waals surface area contributed by atoms with Crippen molar-refractivity contribution < 1.29 is 4.74 Å². The molecule has 0 aliphatic heterocycles. The SMILES string of the molecule is CCCNCc1cc(OCc2cccc(Cl)c2)ccc1Br. The summed E-state index contributed by atoms with van der Waals surface area (Å²) in [7, 11) is 0. The summed E-state index contributed by atoms with van der Waals surface area (Å²) in [6.45, 7) is 4.53. The van der Waals surface area contributed by atoms with Crippen molar-refractivity contribution in [2.75, 3.05) is 6.54 Å². The summed E-state index contributed by atoms with van der Waals surface area (Å²) in [5.74, 6) is 0.867. The highest BCUT2D eigenvalue weighted by molar-refractivity contribution is 9.10. The molecule has 0 atom stereocenters. The molecule has 2 aromatic rings. The molecule has 0 heterocycles. The fraction of sp³-hybridized carbons (Fsp3) is 0.294. The van der Waals surface area contributed by atoms with Gasteiger partial charge in [0.2, 0.25) is 0 Å². The minimum absolute atomic E-state index is 0.518. The molecule has 0 spiro atoms. The van der Waals surface area contributed by atoms with Crippen molar-refractivity contribution in [2.24, 2.45) is 0 Å². The van der Waals surface area contributed by atoms with E-state index in [2.05, 4.69) is 34.2 Å². The van der Waals surface area contributed by atoms with Gasteiger partial charge < -0.3 is 10.1 Å². The molecular formula is C17H19BrClNO. The number of hydrogen-bond acceptors (Lipinski definition) is 2. The molecular weight excluding hydrogens is 350 g/mol. The Morgan fingerprint density at radius 2 is 2.05 bits per heavy atom. The molecule has 112 valence electrons. The summed E-state index contributed by atoms with van der Waals surface area (Å²) in [4.78, 5) is 0. The molecule has 21 heavy (non-hydrogen) atoms. The van der Waals surface area contributed by atoms with E-state index in [1.807, 2.05) is 36.4 Å². The van der Waals surface area contributed by atoms with Crippen molar-refractivity contribution >= 4 is 27.5 Å². The molecule has 0 aromatic heterocycles. The van der Waals surface area contributed by atoms with Crippen LogP contribution in [0.1, 0.15) is 24.5 Å². The van der Waals surface area contributed by atoms with Gasteiger partial charge >= 0.3 is 0 Å². The minimum Gasteiger partial charge on any atom is -0.489 e. The van der Waals surface area contributed by atoms with E-state index < -0.39 is 0 Å². The third-order valence-corrected chi connectivity index (χ3v) is 4.06. The molecule has 0 aliphatic carbocycles. The fourth-order valence-electron chi connectivity index (χ4n) is 1.97. The molecule has 0 saturated carbocycles. The maximum Gasteiger partial charge on any atom is 0.120 e. The van der Waals surface area contributed by atoms with Gasteiger partial charge in [-0.05, 0) is 54.4 Å². The second kappa shape index (κ2) is 8.42. The van der Waals surface area contributed by atoms with Gasteiger partial charge in [-0.1, -0.05) is 46.6 Å². The van der Waals surface area contributed by atoms with E-state index >= 15 is 0 Å². The lowest BCUT2D eigenvalue weighted by Gasteiger charge is -2.11. The summed E-state index contributed by atoms with van der Waals surface area (Å²) in [5, 5.41) is 4.13. The number of ether oxygens (including phenoxy) is 1. The van der Waals surface area contributed by atoms with Crippen LogP contribution in [0.3, 0.4) is 0 Å². The van der Waals surface area contributed by atoms with E-state index in [1.54, 1.807) is 0 Å². The van der Waals surface area contributed by atoms with Gasteiger partial charge in [-0.3, -0.25) is 0 Å². The lowest BCUT2D eigenvalue weighted by molar-refractivity contribution is 0.306. The Hall–Kier alpha value is -1.03. The standard InChI is InChI=1S/C17H19BrClNO/c1-2-8-20-11-14-10-16(6-7-17(14)18)21-12-13-4-3-5-15(19)9-13/h3-7,9-10,20H,2,8,11-12H2,1H3. The van der Waals surface area contributed by atoms with Gasteiger partial charge in [0.15, 0.2) is 0 Å². The van der Waals surface area contributed by atoms with E-state index in [1.165, 1.54) is 5.56 Å². The largest absolute Gasteiger partial charge is 0.489 e. The predicted octanol–water partition coefficient (Wildman–Crippen LogP) is 5.18. The highest BCUT2D eigenvalue weighted by Crippen LogP contribution is 2.23. The molecule has 2 nitrogen and oxygen atoms in total. The first kappa shape index (κ1) is 16.3.